The maximum Gasteiger partial charge on any atom is 0.161 e. The number of aromatic amines is 1. The first-order valence-corrected chi connectivity index (χ1v) is 8.03. The number of hydrogen-bond donors (Lipinski definition) is 1. The lowest BCUT2D eigenvalue weighted by molar-refractivity contribution is 0.355. The van der Waals surface area contributed by atoms with E-state index in [1.54, 1.807) is 20.3 Å². The molecule has 4 nitrogen and oxygen atoms in total. The highest BCUT2D eigenvalue weighted by Crippen LogP contribution is 2.34. The second-order valence-electron chi connectivity index (χ2n) is 5.26. The maximum absolute atomic E-state index is 6.11. The minimum atomic E-state index is 0.504. The van der Waals surface area contributed by atoms with Gasteiger partial charge in [-0.05, 0) is 37.3 Å². The molecule has 0 saturated carbocycles. The van der Waals surface area contributed by atoms with Crippen molar-refractivity contribution in [3.8, 4) is 34.1 Å². The molecule has 0 aliphatic rings. The molecular formula is C18H16Cl2N2O2. The average molecular weight is 363 g/mol. The van der Waals surface area contributed by atoms with Crippen molar-refractivity contribution >= 4 is 23.2 Å². The van der Waals surface area contributed by atoms with Gasteiger partial charge in [0.05, 0.1) is 30.0 Å². The Morgan fingerprint density at radius 3 is 2.25 bits per heavy atom. The molecule has 3 rings (SSSR count). The third-order valence-corrected chi connectivity index (χ3v) is 4.47. The van der Waals surface area contributed by atoms with Crippen LogP contribution in [0.5, 0.6) is 11.5 Å². The topological polar surface area (TPSA) is 47.1 Å². The number of nitrogens with zero attached hydrogens (tertiary/aromatic N) is 1. The van der Waals surface area contributed by atoms with E-state index in [9.17, 15) is 0 Å². The van der Waals surface area contributed by atoms with Gasteiger partial charge in [0, 0.05) is 16.8 Å². The van der Waals surface area contributed by atoms with Gasteiger partial charge in [-0.25, -0.2) is 4.98 Å². The molecule has 0 atom stereocenters. The van der Waals surface area contributed by atoms with Gasteiger partial charge in [-0.2, -0.15) is 0 Å². The van der Waals surface area contributed by atoms with Gasteiger partial charge in [0.2, 0.25) is 0 Å². The predicted octanol–water partition coefficient (Wildman–Crippen LogP) is 5.38. The second kappa shape index (κ2) is 6.75. The summed E-state index contributed by atoms with van der Waals surface area (Å²) < 4.78 is 10.6. The van der Waals surface area contributed by atoms with Gasteiger partial charge < -0.3 is 14.5 Å². The van der Waals surface area contributed by atoms with Crippen molar-refractivity contribution in [3.05, 3.63) is 52.1 Å². The van der Waals surface area contributed by atoms with E-state index in [1.165, 1.54) is 0 Å². The third-order valence-electron chi connectivity index (χ3n) is 3.73. The summed E-state index contributed by atoms with van der Waals surface area (Å²) in [7, 11) is 3.22. The minimum Gasteiger partial charge on any atom is -0.493 e. The molecule has 0 aliphatic heterocycles. The van der Waals surface area contributed by atoms with E-state index in [0.29, 0.717) is 21.5 Å². The van der Waals surface area contributed by atoms with Gasteiger partial charge >= 0.3 is 0 Å². The van der Waals surface area contributed by atoms with Crippen LogP contribution in [-0.2, 0) is 0 Å². The zero-order chi connectivity index (χ0) is 17.3. The summed E-state index contributed by atoms with van der Waals surface area (Å²) in [5, 5.41) is 1.03. The monoisotopic (exact) mass is 362 g/mol. The third kappa shape index (κ3) is 3.07. The minimum absolute atomic E-state index is 0.504. The number of aryl methyl sites for hydroxylation is 1. The van der Waals surface area contributed by atoms with E-state index in [4.69, 9.17) is 37.7 Å². The molecule has 0 saturated heterocycles. The Morgan fingerprint density at radius 2 is 1.58 bits per heavy atom. The Morgan fingerprint density at radius 1 is 0.875 bits per heavy atom. The summed E-state index contributed by atoms with van der Waals surface area (Å²) >= 11 is 12.1. The lowest BCUT2D eigenvalue weighted by Crippen LogP contribution is -1.91. The van der Waals surface area contributed by atoms with Crippen LogP contribution in [-0.4, -0.2) is 24.2 Å². The van der Waals surface area contributed by atoms with Crippen LogP contribution in [0.2, 0.25) is 10.0 Å². The van der Waals surface area contributed by atoms with Crippen molar-refractivity contribution in [3.63, 3.8) is 0 Å². The first-order chi connectivity index (χ1) is 11.5. The molecule has 6 heteroatoms. The van der Waals surface area contributed by atoms with Crippen molar-refractivity contribution in [2.24, 2.45) is 0 Å². The van der Waals surface area contributed by atoms with Crippen LogP contribution in [0, 0.1) is 6.92 Å². The molecule has 0 spiro atoms. The summed E-state index contributed by atoms with van der Waals surface area (Å²) in [5.74, 6) is 2.07. The number of ether oxygens (including phenoxy) is 2. The lowest BCUT2D eigenvalue weighted by atomic mass is 10.1. The molecule has 0 unspecified atom stereocenters. The van der Waals surface area contributed by atoms with Crippen LogP contribution >= 0.6 is 23.2 Å². The van der Waals surface area contributed by atoms with Crippen molar-refractivity contribution in [2.75, 3.05) is 14.2 Å². The van der Waals surface area contributed by atoms with E-state index in [0.717, 1.165) is 28.3 Å². The summed E-state index contributed by atoms with van der Waals surface area (Å²) in [4.78, 5) is 8.00. The predicted molar refractivity (Wildman–Crippen MR) is 97.3 cm³/mol. The fourth-order valence-corrected chi connectivity index (χ4v) is 2.80. The Bertz CT molecular complexity index is 891. The number of aromatic nitrogens is 2. The van der Waals surface area contributed by atoms with Crippen LogP contribution in [0.1, 0.15) is 5.69 Å². The quantitative estimate of drug-likeness (QED) is 0.677. The Balaban J connectivity index is 2.04. The molecule has 3 aromatic rings. The zero-order valence-electron chi connectivity index (χ0n) is 13.5. The Labute approximate surface area is 150 Å². The van der Waals surface area contributed by atoms with Gasteiger partial charge in [0.25, 0.3) is 0 Å². The molecule has 24 heavy (non-hydrogen) atoms. The highest BCUT2D eigenvalue weighted by molar-refractivity contribution is 6.42. The van der Waals surface area contributed by atoms with E-state index in [2.05, 4.69) is 4.98 Å². The molecule has 0 aliphatic carbocycles. The number of nitrogens with one attached hydrogen (secondary N) is 1. The fraction of sp³-hybridized carbons (Fsp3) is 0.167. The number of H-pyrrole nitrogens is 1. The lowest BCUT2D eigenvalue weighted by Gasteiger charge is -2.08. The van der Waals surface area contributed by atoms with Crippen molar-refractivity contribution in [1.82, 2.24) is 9.97 Å². The van der Waals surface area contributed by atoms with Crippen LogP contribution in [0.15, 0.2) is 36.4 Å². The number of hydrogen-bond acceptors (Lipinski definition) is 3. The smallest absolute Gasteiger partial charge is 0.161 e. The molecule has 1 N–H and O–H groups in total. The molecule has 1 heterocycles. The molecule has 0 amide bonds. The molecule has 0 bridgehead atoms. The summed E-state index contributed by atoms with van der Waals surface area (Å²) in [6.07, 6.45) is 0. The fourth-order valence-electron chi connectivity index (χ4n) is 2.51. The summed E-state index contributed by atoms with van der Waals surface area (Å²) in [6.45, 7) is 1.97. The molecular weight excluding hydrogens is 347 g/mol. The van der Waals surface area contributed by atoms with Gasteiger partial charge in [-0.3, -0.25) is 0 Å². The normalized spacial score (nSPS) is 10.7. The van der Waals surface area contributed by atoms with Crippen LogP contribution < -0.4 is 9.47 Å². The van der Waals surface area contributed by atoms with Crippen LogP contribution in [0.4, 0.5) is 0 Å². The number of imidazole rings is 1. The maximum atomic E-state index is 6.11. The largest absolute Gasteiger partial charge is 0.493 e. The van der Waals surface area contributed by atoms with Crippen LogP contribution in [0.25, 0.3) is 22.6 Å². The molecule has 0 fully saturated rings. The Kier molecular flexibility index (Phi) is 4.69. The van der Waals surface area contributed by atoms with Crippen molar-refractivity contribution in [2.45, 2.75) is 6.92 Å². The molecule has 124 valence electrons. The van der Waals surface area contributed by atoms with Gasteiger partial charge in [0.15, 0.2) is 11.5 Å². The van der Waals surface area contributed by atoms with Gasteiger partial charge in [0.1, 0.15) is 5.82 Å². The average Bonchev–Trinajstić information content (AvgIpc) is 2.98. The zero-order valence-corrected chi connectivity index (χ0v) is 15.0. The first kappa shape index (κ1) is 16.7. The molecule has 2 aromatic carbocycles. The number of halogens is 2. The SMILES string of the molecule is COc1ccc(-c2nc(-c3ccc(Cl)c(Cl)c3)c(C)[nH]2)cc1OC. The standard InChI is InChI=1S/C18H16Cl2N2O2/c1-10-17(11-4-6-13(19)14(20)8-11)22-18(21-10)12-5-7-15(23-2)16(9-12)24-3/h4-9H,1-3H3,(H,21,22). The Hall–Kier alpha value is -2.17. The highest BCUT2D eigenvalue weighted by Gasteiger charge is 2.13. The van der Waals surface area contributed by atoms with Gasteiger partial charge in [-0.1, -0.05) is 29.3 Å². The highest BCUT2D eigenvalue weighted by atomic mass is 35.5. The van der Waals surface area contributed by atoms with Crippen molar-refractivity contribution in [1.29, 1.82) is 0 Å². The second-order valence-corrected chi connectivity index (χ2v) is 6.07. The first-order valence-electron chi connectivity index (χ1n) is 7.28. The van der Waals surface area contributed by atoms with E-state index < -0.39 is 0 Å². The summed E-state index contributed by atoms with van der Waals surface area (Å²) in [5.41, 5.74) is 3.59. The van der Waals surface area contributed by atoms with E-state index >= 15 is 0 Å². The summed E-state index contributed by atoms with van der Waals surface area (Å²) in [6, 6.07) is 11.1. The molecule has 0 radical (unpaired) electrons. The van der Waals surface area contributed by atoms with E-state index in [1.807, 2.05) is 37.3 Å². The number of rotatable bonds is 4. The van der Waals surface area contributed by atoms with Crippen LogP contribution in [0.3, 0.4) is 0 Å². The van der Waals surface area contributed by atoms with Gasteiger partial charge in [-0.15, -0.1) is 0 Å². The molecule has 1 aromatic heterocycles. The van der Waals surface area contributed by atoms with Crippen molar-refractivity contribution < 1.29 is 9.47 Å². The number of benzene rings is 2. The number of methoxy groups -OCH3 is 2. The van der Waals surface area contributed by atoms with E-state index in [-0.39, 0.29) is 0 Å².